The van der Waals surface area contributed by atoms with Crippen LogP contribution in [0.2, 0.25) is 10.0 Å². The van der Waals surface area contributed by atoms with Crippen LogP contribution in [0, 0.1) is 0 Å². The summed E-state index contributed by atoms with van der Waals surface area (Å²) in [6.45, 7) is 8.13. The summed E-state index contributed by atoms with van der Waals surface area (Å²) < 4.78 is 91.2. The molecule has 0 spiro atoms. The highest BCUT2D eigenvalue weighted by atomic mass is 35.5. The largest absolute Gasteiger partial charge is 0.534 e. The zero-order chi connectivity index (χ0) is 41.3. The molecule has 1 fully saturated rings. The van der Waals surface area contributed by atoms with Gasteiger partial charge in [-0.3, -0.25) is 0 Å². The molecule has 0 N–H and O–H groups in total. The zero-order valence-electron chi connectivity index (χ0n) is 31.4. The number of methoxy groups -OCH3 is 2. The Bertz CT molecular complexity index is 2460. The number of benzene rings is 4. The van der Waals surface area contributed by atoms with Gasteiger partial charge in [-0.05, 0) is 82.3 Å². The van der Waals surface area contributed by atoms with E-state index in [1.807, 2.05) is 87.0 Å². The molecule has 0 radical (unpaired) electrons. The molecule has 11 nitrogen and oxygen atoms in total. The first-order chi connectivity index (χ1) is 26.8. The third-order valence-corrected chi connectivity index (χ3v) is 10.8. The van der Waals surface area contributed by atoms with Crippen LogP contribution in [0.3, 0.4) is 0 Å². The van der Waals surface area contributed by atoms with Crippen molar-refractivity contribution in [3.05, 3.63) is 119 Å². The fourth-order valence-electron chi connectivity index (χ4n) is 5.67. The van der Waals surface area contributed by atoms with E-state index in [2.05, 4.69) is 9.28 Å². The highest BCUT2D eigenvalue weighted by Crippen LogP contribution is 2.38. The maximum Gasteiger partial charge on any atom is 0.534 e. The molecule has 3 heterocycles. The van der Waals surface area contributed by atoms with Gasteiger partial charge in [0.2, 0.25) is 0 Å². The summed E-state index contributed by atoms with van der Waals surface area (Å²) in [5.74, 6) is 0.352. The highest BCUT2D eigenvalue weighted by molar-refractivity contribution is 7.87. The summed E-state index contributed by atoms with van der Waals surface area (Å²) in [5.41, 5.74) is -1.88. The molecule has 0 atom stereocenters. The molecule has 0 bridgehead atoms. The number of aromatic nitrogens is 4. The summed E-state index contributed by atoms with van der Waals surface area (Å²) in [5, 5.41) is 9.87. The van der Waals surface area contributed by atoms with Crippen molar-refractivity contribution < 1.29 is 44.6 Å². The van der Waals surface area contributed by atoms with Crippen molar-refractivity contribution in [3.8, 4) is 51.3 Å². The van der Waals surface area contributed by atoms with Crippen LogP contribution in [0.5, 0.6) is 17.4 Å². The first kappa shape index (κ1) is 49.4. The van der Waals surface area contributed by atoms with E-state index in [4.69, 9.17) is 47.1 Å². The van der Waals surface area contributed by atoms with Gasteiger partial charge in [0.25, 0.3) is 5.88 Å². The second-order valence-corrected chi connectivity index (χ2v) is 16.0. The number of halogens is 5. The minimum atomic E-state index is -5.87. The SMILES string of the molecule is C.C.C.COc1ccccc1-n1nc(B2OC(C)(C)C(C)(C)O2)cc1-c1ccc(Cl)cc1.COc1ccccc1-n1nc(OS(=O)(=O)C(F)(F)F)cc1-c1ccc(Cl)cc1. The fraction of sp³-hybridized carbons (Fsp3) is 0.286. The molecule has 18 heteroatoms. The minimum absolute atomic E-state index is 0. The molecule has 2 aromatic heterocycles. The summed E-state index contributed by atoms with van der Waals surface area (Å²) in [6, 6.07) is 31.5. The third kappa shape index (κ3) is 10.3. The van der Waals surface area contributed by atoms with Crippen molar-refractivity contribution in [2.75, 3.05) is 14.2 Å². The normalized spacial score (nSPS) is 14.1. The van der Waals surface area contributed by atoms with Gasteiger partial charge in [0.1, 0.15) is 22.9 Å². The van der Waals surface area contributed by atoms with E-state index >= 15 is 0 Å². The van der Waals surface area contributed by atoms with Crippen LogP contribution >= 0.6 is 23.2 Å². The average molecular weight is 892 g/mol. The maximum absolute atomic E-state index is 12.7. The van der Waals surface area contributed by atoms with Crippen LogP contribution in [-0.2, 0) is 19.4 Å². The smallest absolute Gasteiger partial charge is 0.494 e. The molecule has 0 amide bonds. The Labute approximate surface area is 360 Å². The van der Waals surface area contributed by atoms with Gasteiger partial charge in [0.15, 0.2) is 0 Å². The average Bonchev–Trinajstić information content (AvgIpc) is 3.85. The van der Waals surface area contributed by atoms with Gasteiger partial charge in [0.05, 0.1) is 42.4 Å². The van der Waals surface area contributed by atoms with Gasteiger partial charge in [-0.1, -0.05) is 94.0 Å². The quantitative estimate of drug-likeness (QED) is 0.0795. The topological polar surface area (TPSA) is 116 Å². The molecule has 4 aromatic carbocycles. The Balaban J connectivity index is 0.000000305. The van der Waals surface area contributed by atoms with Crippen molar-refractivity contribution >= 4 is 46.0 Å². The lowest BCUT2D eigenvalue weighted by molar-refractivity contribution is -0.0501. The maximum atomic E-state index is 12.7. The number of alkyl halides is 3. The van der Waals surface area contributed by atoms with Crippen molar-refractivity contribution in [2.24, 2.45) is 0 Å². The first-order valence-electron chi connectivity index (χ1n) is 17.2. The number of hydrogen-bond donors (Lipinski definition) is 0. The van der Waals surface area contributed by atoms with Crippen LogP contribution in [0.25, 0.3) is 33.9 Å². The van der Waals surface area contributed by atoms with E-state index < -0.39 is 39.8 Å². The predicted molar refractivity (Wildman–Crippen MR) is 233 cm³/mol. The second kappa shape index (κ2) is 19.2. The van der Waals surface area contributed by atoms with Crippen LogP contribution < -0.4 is 19.3 Å². The zero-order valence-corrected chi connectivity index (χ0v) is 33.7. The fourth-order valence-corrected chi connectivity index (χ4v) is 6.32. The van der Waals surface area contributed by atoms with Gasteiger partial charge < -0.3 is 23.0 Å². The Morgan fingerprint density at radius 3 is 1.47 bits per heavy atom. The summed E-state index contributed by atoms with van der Waals surface area (Å²) >= 11 is 12.0. The second-order valence-electron chi connectivity index (χ2n) is 13.6. The van der Waals surface area contributed by atoms with Crippen LogP contribution in [0.1, 0.15) is 50.0 Å². The van der Waals surface area contributed by atoms with Gasteiger partial charge in [-0.25, -0.2) is 9.36 Å². The minimum Gasteiger partial charge on any atom is -0.494 e. The van der Waals surface area contributed by atoms with Gasteiger partial charge in [0, 0.05) is 27.2 Å². The molecule has 0 aliphatic carbocycles. The highest BCUT2D eigenvalue weighted by Gasteiger charge is 2.53. The van der Waals surface area contributed by atoms with Crippen LogP contribution in [-0.4, -0.2) is 66.0 Å². The van der Waals surface area contributed by atoms with Crippen LogP contribution in [0.4, 0.5) is 13.2 Å². The number of rotatable bonds is 9. The number of hydrogen-bond acceptors (Lipinski definition) is 9. The predicted octanol–water partition coefficient (Wildman–Crippen LogP) is 10.8. The van der Waals surface area contributed by atoms with Crippen molar-refractivity contribution in [3.63, 3.8) is 0 Å². The molecule has 1 aliphatic rings. The van der Waals surface area contributed by atoms with Crippen molar-refractivity contribution in [1.82, 2.24) is 19.6 Å². The summed E-state index contributed by atoms with van der Waals surface area (Å²) in [4.78, 5) is 0. The Hall–Kier alpha value is -5.00. The number of nitrogens with zero attached hydrogens (tertiary/aromatic N) is 4. The monoisotopic (exact) mass is 890 g/mol. The Morgan fingerprint density at radius 1 is 0.650 bits per heavy atom. The third-order valence-electron chi connectivity index (χ3n) is 9.30. The lowest BCUT2D eigenvalue weighted by Gasteiger charge is -2.32. The molecule has 1 saturated heterocycles. The van der Waals surface area contributed by atoms with Gasteiger partial charge in [-0.15, -0.1) is 5.10 Å². The summed E-state index contributed by atoms with van der Waals surface area (Å²) in [6.07, 6.45) is 0. The molecule has 7 rings (SSSR count). The van der Waals surface area contributed by atoms with Gasteiger partial charge in [-0.2, -0.15) is 26.7 Å². The molecular formula is C42H48BCl2F3N4O7S. The molecule has 1 aliphatic heterocycles. The first-order valence-corrected chi connectivity index (χ1v) is 19.4. The van der Waals surface area contributed by atoms with E-state index in [-0.39, 0.29) is 28.0 Å². The van der Waals surface area contributed by atoms with E-state index in [9.17, 15) is 21.6 Å². The molecule has 0 unspecified atom stereocenters. The van der Waals surface area contributed by atoms with Crippen molar-refractivity contribution in [1.29, 1.82) is 0 Å². The van der Waals surface area contributed by atoms with E-state index in [0.29, 0.717) is 32.6 Å². The lowest BCUT2D eigenvalue weighted by Crippen LogP contribution is -2.41. The van der Waals surface area contributed by atoms with Crippen molar-refractivity contribution in [2.45, 2.75) is 66.7 Å². The van der Waals surface area contributed by atoms with Gasteiger partial charge >= 0.3 is 22.7 Å². The van der Waals surface area contributed by atoms with E-state index in [0.717, 1.165) is 28.8 Å². The summed E-state index contributed by atoms with van der Waals surface area (Å²) in [7, 11) is -3.36. The lowest BCUT2D eigenvalue weighted by atomic mass is 9.84. The van der Waals surface area contributed by atoms with Crippen LogP contribution in [0.15, 0.2) is 109 Å². The number of para-hydroxylation sites is 4. The standard InChI is InChI=1S/C22H24BClN2O3.C17H12ClF3N2O4S.3CH4/c1-21(2)22(3,4)29-23(28-21)20-14-18(15-10-12-16(24)13-11-15)26(25-20)17-8-6-7-9-19(17)27-5;1-26-15-5-3-2-4-13(15)23-14(11-6-8-12(18)9-7-11)10-16(22-23)27-28(24,25)17(19,20)21;;;/h6-14H,1-5H3;2-10H,1H3;3*1H4. The molecule has 6 aromatic rings. The molecule has 322 valence electrons. The molecule has 60 heavy (non-hydrogen) atoms. The molecule has 0 saturated carbocycles. The van der Waals surface area contributed by atoms with E-state index in [1.165, 1.54) is 11.8 Å². The number of ether oxygens (including phenoxy) is 2. The Morgan fingerprint density at radius 2 is 1.05 bits per heavy atom. The van der Waals surface area contributed by atoms with E-state index in [1.54, 1.807) is 55.6 Å². The Kier molecular flexibility index (Phi) is 15.8. The molecular weight excluding hydrogens is 843 g/mol.